The van der Waals surface area contributed by atoms with Crippen LogP contribution in [0.4, 0.5) is 0 Å². The zero-order valence-electron chi connectivity index (χ0n) is 13.2. The summed E-state index contributed by atoms with van der Waals surface area (Å²) in [6.45, 7) is 4.06. The maximum atomic E-state index is 12.1. The fourth-order valence-electron chi connectivity index (χ4n) is 1.72. The van der Waals surface area contributed by atoms with Gasteiger partial charge in [-0.1, -0.05) is 0 Å². The van der Waals surface area contributed by atoms with Gasteiger partial charge in [-0.25, -0.2) is 5.43 Å². The molecule has 1 aromatic rings. The van der Waals surface area contributed by atoms with Crippen molar-refractivity contribution in [2.45, 2.75) is 20.3 Å². The quantitative estimate of drug-likeness (QED) is 0.587. The highest BCUT2D eigenvalue weighted by molar-refractivity contribution is 6.01. The van der Waals surface area contributed by atoms with Gasteiger partial charge in [0.25, 0.3) is 5.91 Å². The Bertz CT molecular complexity index is 570. The Morgan fingerprint density at radius 1 is 1.23 bits per heavy atom. The molecule has 0 aromatic heterocycles. The van der Waals surface area contributed by atoms with Crippen molar-refractivity contribution in [1.82, 2.24) is 10.7 Å². The van der Waals surface area contributed by atoms with Crippen molar-refractivity contribution in [2.75, 3.05) is 20.8 Å². The van der Waals surface area contributed by atoms with Gasteiger partial charge in [0.1, 0.15) is 11.5 Å². The number of carbonyl (C=O) groups excluding carboxylic acids is 2. The largest absolute Gasteiger partial charge is 0.497 e. The highest BCUT2D eigenvalue weighted by Gasteiger charge is 2.13. The highest BCUT2D eigenvalue weighted by Crippen LogP contribution is 2.24. The van der Waals surface area contributed by atoms with Gasteiger partial charge in [0.05, 0.1) is 26.2 Å². The van der Waals surface area contributed by atoms with E-state index in [-0.39, 0.29) is 12.3 Å². The van der Waals surface area contributed by atoms with Gasteiger partial charge in [0.15, 0.2) is 0 Å². The summed E-state index contributed by atoms with van der Waals surface area (Å²) in [6, 6.07) is 4.85. The van der Waals surface area contributed by atoms with E-state index in [1.807, 2.05) is 6.92 Å². The van der Waals surface area contributed by atoms with Gasteiger partial charge < -0.3 is 14.8 Å². The average Bonchev–Trinajstić information content (AvgIpc) is 2.52. The average molecular weight is 307 g/mol. The van der Waals surface area contributed by atoms with Crippen LogP contribution in [0.2, 0.25) is 0 Å². The van der Waals surface area contributed by atoms with Crippen LogP contribution in [0.1, 0.15) is 30.6 Å². The third-order valence-electron chi connectivity index (χ3n) is 2.79. The molecule has 120 valence electrons. The number of amides is 2. The summed E-state index contributed by atoms with van der Waals surface area (Å²) >= 11 is 0. The van der Waals surface area contributed by atoms with E-state index in [2.05, 4.69) is 15.8 Å². The lowest BCUT2D eigenvalue weighted by atomic mass is 10.2. The van der Waals surface area contributed by atoms with Gasteiger partial charge in [0.2, 0.25) is 5.91 Å². The van der Waals surface area contributed by atoms with Crippen molar-refractivity contribution in [3.63, 3.8) is 0 Å². The molecule has 7 nitrogen and oxygen atoms in total. The number of methoxy groups -OCH3 is 2. The zero-order valence-corrected chi connectivity index (χ0v) is 13.2. The molecular weight excluding hydrogens is 286 g/mol. The minimum Gasteiger partial charge on any atom is -0.497 e. The van der Waals surface area contributed by atoms with Gasteiger partial charge in [-0.15, -0.1) is 0 Å². The van der Waals surface area contributed by atoms with E-state index in [0.29, 0.717) is 29.3 Å². The predicted molar refractivity (Wildman–Crippen MR) is 83.4 cm³/mol. The molecule has 0 heterocycles. The van der Waals surface area contributed by atoms with Crippen LogP contribution in [0.5, 0.6) is 11.5 Å². The molecule has 0 fully saturated rings. The first-order chi connectivity index (χ1) is 10.5. The van der Waals surface area contributed by atoms with E-state index in [4.69, 9.17) is 9.47 Å². The van der Waals surface area contributed by atoms with Gasteiger partial charge in [-0.3, -0.25) is 9.59 Å². The molecular formula is C15H21N3O4. The number of rotatable bonds is 7. The number of ether oxygens (including phenoxy) is 2. The Hall–Kier alpha value is -2.57. The van der Waals surface area contributed by atoms with Crippen molar-refractivity contribution in [3.05, 3.63) is 23.8 Å². The van der Waals surface area contributed by atoms with Gasteiger partial charge in [-0.05, 0) is 26.0 Å². The number of benzene rings is 1. The molecule has 0 unspecified atom stereocenters. The van der Waals surface area contributed by atoms with E-state index >= 15 is 0 Å². The topological polar surface area (TPSA) is 89.0 Å². The summed E-state index contributed by atoms with van der Waals surface area (Å²) in [5, 5.41) is 6.57. The Labute approximate surface area is 129 Å². The van der Waals surface area contributed by atoms with E-state index in [1.54, 1.807) is 25.1 Å². The molecule has 22 heavy (non-hydrogen) atoms. The van der Waals surface area contributed by atoms with Crippen LogP contribution in [0.15, 0.2) is 23.3 Å². The first-order valence-electron chi connectivity index (χ1n) is 6.84. The second-order valence-corrected chi connectivity index (χ2v) is 4.48. The van der Waals surface area contributed by atoms with E-state index in [0.717, 1.165) is 0 Å². The maximum absolute atomic E-state index is 12.1. The monoisotopic (exact) mass is 307 g/mol. The Kier molecular flexibility index (Phi) is 6.88. The van der Waals surface area contributed by atoms with Gasteiger partial charge in [0, 0.05) is 18.3 Å². The van der Waals surface area contributed by atoms with Crippen molar-refractivity contribution < 1.29 is 19.1 Å². The molecule has 0 atom stereocenters. The minimum atomic E-state index is -0.422. The first-order valence-corrected chi connectivity index (χ1v) is 6.84. The zero-order chi connectivity index (χ0) is 16.5. The standard InChI is InChI=1S/C15H21N3O4/c1-5-16-14(19)8-10(2)17-18-15(20)12-7-6-11(21-3)9-13(12)22-4/h6-7,9H,5,8H2,1-4H3,(H,16,19)(H,18,20). The molecule has 0 bridgehead atoms. The summed E-state index contributed by atoms with van der Waals surface area (Å²) < 4.78 is 10.2. The van der Waals surface area contributed by atoms with Crippen molar-refractivity contribution in [2.24, 2.45) is 5.10 Å². The summed E-state index contributed by atoms with van der Waals surface area (Å²) in [7, 11) is 3.00. The van der Waals surface area contributed by atoms with Crippen LogP contribution < -0.4 is 20.2 Å². The smallest absolute Gasteiger partial charge is 0.275 e. The van der Waals surface area contributed by atoms with Crippen molar-refractivity contribution in [1.29, 1.82) is 0 Å². The lowest BCUT2D eigenvalue weighted by Gasteiger charge is -2.09. The first kappa shape index (κ1) is 17.5. The molecule has 0 aliphatic heterocycles. The van der Waals surface area contributed by atoms with Crippen molar-refractivity contribution in [3.8, 4) is 11.5 Å². The molecule has 0 aliphatic carbocycles. The highest BCUT2D eigenvalue weighted by atomic mass is 16.5. The Balaban J connectivity index is 2.74. The molecule has 2 N–H and O–H groups in total. The van der Waals surface area contributed by atoms with Crippen LogP contribution in [0.25, 0.3) is 0 Å². The number of hydrazone groups is 1. The van der Waals surface area contributed by atoms with Crippen LogP contribution >= 0.6 is 0 Å². The molecule has 2 amide bonds. The van der Waals surface area contributed by atoms with E-state index in [1.165, 1.54) is 14.2 Å². The minimum absolute atomic E-state index is 0.133. The fourth-order valence-corrected chi connectivity index (χ4v) is 1.72. The lowest BCUT2D eigenvalue weighted by molar-refractivity contribution is -0.119. The molecule has 0 saturated heterocycles. The number of carbonyl (C=O) groups is 2. The number of nitrogens with zero attached hydrogens (tertiary/aromatic N) is 1. The van der Waals surface area contributed by atoms with Gasteiger partial charge >= 0.3 is 0 Å². The summed E-state index contributed by atoms with van der Waals surface area (Å²) in [4.78, 5) is 23.5. The Morgan fingerprint density at radius 3 is 2.55 bits per heavy atom. The summed E-state index contributed by atoms with van der Waals surface area (Å²) in [5.74, 6) is 0.410. The fraction of sp³-hybridized carbons (Fsp3) is 0.400. The summed E-state index contributed by atoms with van der Waals surface area (Å²) in [6.07, 6.45) is 0.133. The van der Waals surface area contributed by atoms with E-state index < -0.39 is 5.91 Å². The normalized spacial score (nSPS) is 10.8. The molecule has 7 heteroatoms. The van der Waals surface area contributed by atoms with Crippen LogP contribution in [0.3, 0.4) is 0 Å². The molecule has 0 saturated carbocycles. The second kappa shape index (κ2) is 8.66. The third-order valence-corrected chi connectivity index (χ3v) is 2.79. The van der Waals surface area contributed by atoms with E-state index in [9.17, 15) is 9.59 Å². The van der Waals surface area contributed by atoms with Crippen LogP contribution in [-0.2, 0) is 4.79 Å². The molecule has 0 spiro atoms. The maximum Gasteiger partial charge on any atom is 0.275 e. The molecule has 0 aliphatic rings. The number of nitrogens with one attached hydrogen (secondary N) is 2. The number of hydrogen-bond acceptors (Lipinski definition) is 5. The summed E-state index contributed by atoms with van der Waals surface area (Å²) in [5.41, 5.74) is 3.24. The molecule has 1 aromatic carbocycles. The van der Waals surface area contributed by atoms with Crippen LogP contribution in [0, 0.1) is 0 Å². The molecule has 1 rings (SSSR count). The predicted octanol–water partition coefficient (Wildman–Crippen LogP) is 1.34. The molecule has 0 radical (unpaired) electrons. The van der Waals surface area contributed by atoms with Crippen molar-refractivity contribution >= 4 is 17.5 Å². The second-order valence-electron chi connectivity index (χ2n) is 4.48. The third kappa shape index (κ3) is 5.08. The van der Waals surface area contributed by atoms with Gasteiger partial charge in [-0.2, -0.15) is 5.10 Å². The lowest BCUT2D eigenvalue weighted by Crippen LogP contribution is -2.26. The van der Waals surface area contributed by atoms with Crippen LogP contribution in [-0.4, -0.2) is 38.3 Å². The Morgan fingerprint density at radius 2 is 1.95 bits per heavy atom. The number of hydrogen-bond donors (Lipinski definition) is 2. The SMILES string of the molecule is CCNC(=O)CC(C)=NNC(=O)c1ccc(OC)cc1OC.